The number of alkyl halides is 2. The second kappa shape index (κ2) is 12.6. The third kappa shape index (κ3) is 7.46. The molecule has 1 heterocycles. The monoisotopic (exact) mass is 586 g/mol. The maximum atomic E-state index is 14.5. The summed E-state index contributed by atoms with van der Waals surface area (Å²) in [7, 11) is -7.24. The number of hydrogen-bond acceptors (Lipinski definition) is 7. The van der Waals surface area contributed by atoms with Gasteiger partial charge in [-0.15, -0.1) is 0 Å². The van der Waals surface area contributed by atoms with Crippen molar-refractivity contribution in [3.8, 4) is 0 Å². The molecule has 13 heteroatoms. The van der Waals surface area contributed by atoms with Crippen LogP contribution in [0.25, 0.3) is 0 Å². The van der Waals surface area contributed by atoms with Crippen molar-refractivity contribution in [2.24, 2.45) is 0 Å². The van der Waals surface area contributed by atoms with E-state index in [1.165, 1.54) is 19.2 Å². The van der Waals surface area contributed by atoms with Gasteiger partial charge in [-0.2, -0.15) is 8.78 Å². The minimum atomic E-state index is -4.91. The highest BCUT2D eigenvalue weighted by atomic mass is 32.2. The van der Waals surface area contributed by atoms with Crippen molar-refractivity contribution >= 4 is 42.8 Å². The standard InChI is InChI=1S/C26H36F2N4O5S2/c1-4-5-6-7-14-26(27,28)39(36,37)22-11-8-20(9-12-22)30-25(33)23-19-21(32-17-15-29-16-18-32)10-13-24(23)31(2)38(3,34)35/h8-13,19,29H,4-7,14-18H2,1-3H3,(H,30,33). The Bertz CT molecular complexity index is 1360. The van der Waals surface area contributed by atoms with Crippen LogP contribution in [0.3, 0.4) is 0 Å². The number of piperazine rings is 1. The Kier molecular flexibility index (Phi) is 9.94. The quantitative estimate of drug-likeness (QED) is 0.360. The summed E-state index contributed by atoms with van der Waals surface area (Å²) in [4.78, 5) is 14.8. The summed E-state index contributed by atoms with van der Waals surface area (Å²) in [6, 6.07) is 9.45. The van der Waals surface area contributed by atoms with Crippen molar-refractivity contribution in [2.45, 2.75) is 49.2 Å². The highest BCUT2D eigenvalue weighted by Crippen LogP contribution is 2.34. The first-order chi connectivity index (χ1) is 18.3. The molecule has 1 saturated heterocycles. The van der Waals surface area contributed by atoms with E-state index in [-0.39, 0.29) is 23.4 Å². The number of amides is 1. The van der Waals surface area contributed by atoms with E-state index in [0.717, 1.165) is 54.3 Å². The van der Waals surface area contributed by atoms with Gasteiger partial charge >= 0.3 is 5.25 Å². The maximum Gasteiger partial charge on any atom is 0.350 e. The largest absolute Gasteiger partial charge is 0.369 e. The van der Waals surface area contributed by atoms with Gasteiger partial charge in [0, 0.05) is 51.0 Å². The Labute approximate surface area is 229 Å². The highest BCUT2D eigenvalue weighted by molar-refractivity contribution is 7.92. The number of carbonyl (C=O) groups is 1. The number of halogens is 2. The topological polar surface area (TPSA) is 116 Å². The van der Waals surface area contributed by atoms with E-state index >= 15 is 0 Å². The molecule has 1 aliphatic heterocycles. The lowest BCUT2D eigenvalue weighted by molar-refractivity contribution is 0.0788. The predicted molar refractivity (Wildman–Crippen MR) is 150 cm³/mol. The van der Waals surface area contributed by atoms with Gasteiger partial charge in [-0.05, 0) is 48.9 Å². The summed E-state index contributed by atoms with van der Waals surface area (Å²) in [6.45, 7) is 4.88. The molecule has 39 heavy (non-hydrogen) atoms. The fourth-order valence-corrected chi connectivity index (χ4v) is 6.03. The normalized spacial score (nSPS) is 14.7. The van der Waals surface area contributed by atoms with E-state index in [0.29, 0.717) is 19.5 Å². The van der Waals surface area contributed by atoms with Gasteiger partial charge in [0.05, 0.1) is 22.4 Å². The maximum absolute atomic E-state index is 14.5. The van der Waals surface area contributed by atoms with Gasteiger partial charge in [0.15, 0.2) is 0 Å². The second-order valence-electron chi connectivity index (χ2n) is 9.60. The van der Waals surface area contributed by atoms with E-state index < -0.39 is 42.3 Å². The smallest absolute Gasteiger partial charge is 0.350 e. The number of sulfonamides is 1. The molecular weight excluding hydrogens is 550 g/mol. The summed E-state index contributed by atoms with van der Waals surface area (Å²) < 4.78 is 79.6. The molecule has 0 unspecified atom stereocenters. The van der Waals surface area contributed by atoms with Gasteiger partial charge < -0.3 is 15.5 Å². The van der Waals surface area contributed by atoms with E-state index in [1.807, 2.05) is 6.92 Å². The Morgan fingerprint density at radius 1 is 1.03 bits per heavy atom. The molecular formula is C26H36F2N4O5S2. The molecule has 1 fully saturated rings. The first-order valence-electron chi connectivity index (χ1n) is 12.9. The third-order valence-corrected chi connectivity index (χ3v) is 9.76. The fourth-order valence-electron chi connectivity index (χ4n) is 4.26. The van der Waals surface area contributed by atoms with E-state index in [2.05, 4.69) is 15.5 Å². The molecule has 0 aliphatic carbocycles. The van der Waals surface area contributed by atoms with Crippen LogP contribution in [-0.4, -0.2) is 67.5 Å². The highest BCUT2D eigenvalue weighted by Gasteiger charge is 2.45. The van der Waals surface area contributed by atoms with E-state index in [4.69, 9.17) is 0 Å². The number of benzene rings is 2. The van der Waals surface area contributed by atoms with Crippen LogP contribution >= 0.6 is 0 Å². The molecule has 2 aromatic carbocycles. The van der Waals surface area contributed by atoms with Crippen LogP contribution < -0.4 is 19.8 Å². The van der Waals surface area contributed by atoms with Crippen LogP contribution in [0, 0.1) is 0 Å². The number of anilines is 3. The molecule has 0 radical (unpaired) electrons. The fraction of sp³-hybridized carbons (Fsp3) is 0.500. The summed E-state index contributed by atoms with van der Waals surface area (Å²) in [5.74, 6) is -0.630. The van der Waals surface area contributed by atoms with Crippen molar-refractivity contribution in [3.05, 3.63) is 48.0 Å². The lowest BCUT2D eigenvalue weighted by atomic mass is 10.1. The molecule has 0 spiro atoms. The van der Waals surface area contributed by atoms with Crippen LogP contribution in [0.2, 0.25) is 0 Å². The van der Waals surface area contributed by atoms with Crippen molar-refractivity contribution < 1.29 is 30.4 Å². The number of unbranched alkanes of at least 4 members (excludes halogenated alkanes) is 3. The van der Waals surface area contributed by atoms with Gasteiger partial charge in [0.1, 0.15) is 0 Å². The average Bonchev–Trinajstić information content (AvgIpc) is 2.90. The van der Waals surface area contributed by atoms with Crippen molar-refractivity contribution in [1.82, 2.24) is 5.32 Å². The zero-order valence-electron chi connectivity index (χ0n) is 22.4. The lowest BCUT2D eigenvalue weighted by Crippen LogP contribution is -2.43. The summed E-state index contributed by atoms with van der Waals surface area (Å²) in [5.41, 5.74) is 1.17. The van der Waals surface area contributed by atoms with Crippen molar-refractivity contribution in [3.63, 3.8) is 0 Å². The van der Waals surface area contributed by atoms with Crippen LogP contribution in [-0.2, 0) is 19.9 Å². The van der Waals surface area contributed by atoms with Crippen LogP contribution in [0.1, 0.15) is 49.4 Å². The molecule has 0 aromatic heterocycles. The number of nitrogens with zero attached hydrogens (tertiary/aromatic N) is 2. The number of carbonyl (C=O) groups excluding carboxylic acids is 1. The molecule has 0 bridgehead atoms. The first kappa shape index (κ1) is 30.8. The van der Waals surface area contributed by atoms with Gasteiger partial charge in [-0.25, -0.2) is 16.8 Å². The zero-order valence-corrected chi connectivity index (χ0v) is 24.0. The van der Waals surface area contributed by atoms with Crippen LogP contribution in [0.5, 0.6) is 0 Å². The molecule has 3 rings (SSSR count). The Morgan fingerprint density at radius 3 is 2.26 bits per heavy atom. The minimum Gasteiger partial charge on any atom is -0.369 e. The third-order valence-electron chi connectivity index (χ3n) is 6.68. The van der Waals surface area contributed by atoms with Gasteiger partial charge in [-0.1, -0.05) is 26.2 Å². The lowest BCUT2D eigenvalue weighted by Gasteiger charge is -2.30. The number of rotatable bonds is 12. The van der Waals surface area contributed by atoms with Crippen molar-refractivity contribution in [2.75, 3.05) is 54.0 Å². The van der Waals surface area contributed by atoms with E-state index in [1.54, 1.807) is 18.2 Å². The summed E-state index contributed by atoms with van der Waals surface area (Å²) in [5, 5.41) is 1.97. The molecule has 0 atom stereocenters. The molecule has 2 aromatic rings. The SMILES string of the molecule is CCCCCCC(F)(F)S(=O)(=O)c1ccc(NC(=O)c2cc(N3CCNCC3)ccc2N(C)S(C)(=O)=O)cc1. The number of nitrogens with one attached hydrogen (secondary N) is 2. The number of sulfone groups is 1. The average molecular weight is 587 g/mol. The minimum absolute atomic E-state index is 0.0919. The second-order valence-corrected chi connectivity index (χ2v) is 13.7. The molecule has 0 saturated carbocycles. The zero-order chi connectivity index (χ0) is 28.8. The summed E-state index contributed by atoms with van der Waals surface area (Å²) >= 11 is 0. The van der Waals surface area contributed by atoms with E-state index in [9.17, 15) is 30.4 Å². The van der Waals surface area contributed by atoms with Crippen LogP contribution in [0.4, 0.5) is 25.8 Å². The predicted octanol–water partition coefficient (Wildman–Crippen LogP) is 4.08. The molecule has 216 valence electrons. The van der Waals surface area contributed by atoms with Gasteiger partial charge in [0.2, 0.25) is 19.9 Å². The molecule has 2 N–H and O–H groups in total. The molecule has 9 nitrogen and oxygen atoms in total. The first-order valence-corrected chi connectivity index (χ1v) is 16.2. The summed E-state index contributed by atoms with van der Waals surface area (Å²) in [6.07, 6.45) is 2.50. The molecule has 1 aliphatic rings. The molecule has 1 amide bonds. The van der Waals surface area contributed by atoms with Gasteiger partial charge in [0.25, 0.3) is 5.91 Å². The Hall–Kier alpha value is -2.77. The van der Waals surface area contributed by atoms with Gasteiger partial charge in [-0.3, -0.25) is 9.10 Å². The Balaban J connectivity index is 1.84. The van der Waals surface area contributed by atoms with Crippen LogP contribution in [0.15, 0.2) is 47.4 Å². The Morgan fingerprint density at radius 2 is 1.67 bits per heavy atom. The van der Waals surface area contributed by atoms with Crippen molar-refractivity contribution in [1.29, 1.82) is 0 Å². The number of hydrogen-bond donors (Lipinski definition) is 2.